The van der Waals surface area contributed by atoms with E-state index >= 15 is 0 Å². The first kappa shape index (κ1) is 13.8. The molecule has 0 saturated heterocycles. The number of benzene rings is 1. The van der Waals surface area contributed by atoms with Crippen LogP contribution in [-0.4, -0.2) is 20.4 Å². The van der Waals surface area contributed by atoms with Gasteiger partial charge in [-0.15, -0.1) is 20.4 Å². The smallest absolute Gasteiger partial charge is 0.277 e. The van der Waals surface area contributed by atoms with Gasteiger partial charge in [-0.3, -0.25) is 0 Å². The zero-order chi connectivity index (χ0) is 14.7. The quantitative estimate of drug-likeness (QED) is 0.667. The largest absolute Gasteiger partial charge is 0.420 e. The van der Waals surface area contributed by atoms with Crippen LogP contribution in [0.3, 0.4) is 0 Å². The molecule has 0 fully saturated rings. The van der Waals surface area contributed by atoms with Crippen molar-refractivity contribution in [3.05, 3.63) is 42.1 Å². The molecule has 0 aliphatic carbocycles. The van der Waals surface area contributed by atoms with E-state index in [1.807, 2.05) is 44.2 Å². The Hall–Kier alpha value is -2.15. The van der Waals surface area contributed by atoms with E-state index in [4.69, 9.17) is 8.83 Å². The molecule has 0 spiro atoms. The van der Waals surface area contributed by atoms with Crippen LogP contribution in [0, 0.1) is 0 Å². The van der Waals surface area contributed by atoms with Gasteiger partial charge in [-0.25, -0.2) is 0 Å². The zero-order valence-electron chi connectivity index (χ0n) is 11.7. The minimum atomic E-state index is 0.222. The summed E-state index contributed by atoms with van der Waals surface area (Å²) in [6, 6.07) is 9.66. The maximum Gasteiger partial charge on any atom is 0.277 e. The highest BCUT2D eigenvalue weighted by Crippen LogP contribution is 2.25. The molecular weight excluding hydrogens is 288 g/mol. The minimum absolute atomic E-state index is 0.222. The third kappa shape index (κ3) is 3.30. The summed E-state index contributed by atoms with van der Waals surface area (Å²) in [6.45, 7) is 4.01. The van der Waals surface area contributed by atoms with Gasteiger partial charge in [0.15, 0.2) is 0 Å². The van der Waals surface area contributed by atoms with Gasteiger partial charge in [0.25, 0.3) is 5.22 Å². The van der Waals surface area contributed by atoms with Crippen molar-refractivity contribution in [3.8, 4) is 11.5 Å². The SMILES string of the molecule is CC(C)c1nnc(SCc2nnc(-c3ccccc3)o2)o1. The number of hydrogen-bond acceptors (Lipinski definition) is 7. The lowest BCUT2D eigenvalue weighted by Crippen LogP contribution is -1.85. The number of nitrogens with zero attached hydrogens (tertiary/aromatic N) is 4. The van der Waals surface area contributed by atoms with Gasteiger partial charge in [-0.1, -0.05) is 43.8 Å². The van der Waals surface area contributed by atoms with Crippen molar-refractivity contribution in [3.63, 3.8) is 0 Å². The van der Waals surface area contributed by atoms with Crippen molar-refractivity contribution >= 4 is 11.8 Å². The molecule has 2 heterocycles. The summed E-state index contributed by atoms with van der Waals surface area (Å²) in [5.74, 6) is 2.40. The van der Waals surface area contributed by atoms with E-state index < -0.39 is 0 Å². The van der Waals surface area contributed by atoms with E-state index in [2.05, 4.69) is 20.4 Å². The lowest BCUT2D eigenvalue weighted by molar-refractivity contribution is 0.398. The summed E-state index contributed by atoms with van der Waals surface area (Å²) in [5.41, 5.74) is 0.904. The first-order chi connectivity index (χ1) is 10.2. The molecule has 3 aromatic rings. The molecule has 21 heavy (non-hydrogen) atoms. The number of rotatable bonds is 5. The monoisotopic (exact) mass is 302 g/mol. The van der Waals surface area contributed by atoms with Crippen LogP contribution in [0.4, 0.5) is 0 Å². The summed E-state index contributed by atoms with van der Waals surface area (Å²) < 4.78 is 11.1. The van der Waals surface area contributed by atoms with Crippen molar-refractivity contribution in [2.75, 3.05) is 0 Å². The Morgan fingerprint density at radius 3 is 2.52 bits per heavy atom. The van der Waals surface area contributed by atoms with Crippen molar-refractivity contribution < 1.29 is 8.83 Å². The number of hydrogen-bond donors (Lipinski definition) is 0. The van der Waals surface area contributed by atoms with Crippen molar-refractivity contribution in [1.29, 1.82) is 0 Å². The molecule has 1 aromatic carbocycles. The molecule has 6 nitrogen and oxygen atoms in total. The molecule has 7 heteroatoms. The van der Waals surface area contributed by atoms with E-state index in [-0.39, 0.29) is 5.92 Å². The second kappa shape index (κ2) is 6.09. The molecule has 0 unspecified atom stereocenters. The summed E-state index contributed by atoms with van der Waals surface area (Å²) in [6.07, 6.45) is 0. The average Bonchev–Trinajstić information content (AvgIpc) is 3.15. The zero-order valence-corrected chi connectivity index (χ0v) is 12.5. The fraction of sp³-hybridized carbons (Fsp3) is 0.286. The number of thioether (sulfide) groups is 1. The van der Waals surface area contributed by atoms with E-state index in [0.717, 1.165) is 5.56 Å². The van der Waals surface area contributed by atoms with Gasteiger partial charge in [0.2, 0.25) is 17.7 Å². The van der Waals surface area contributed by atoms with E-state index in [9.17, 15) is 0 Å². The van der Waals surface area contributed by atoms with Gasteiger partial charge in [0.1, 0.15) is 0 Å². The lowest BCUT2D eigenvalue weighted by atomic mass is 10.2. The molecule has 0 amide bonds. The van der Waals surface area contributed by atoms with Gasteiger partial charge in [-0.2, -0.15) is 0 Å². The van der Waals surface area contributed by atoms with E-state index in [0.29, 0.717) is 28.6 Å². The van der Waals surface area contributed by atoms with Gasteiger partial charge in [0.05, 0.1) is 5.75 Å². The fourth-order valence-electron chi connectivity index (χ4n) is 1.64. The molecule has 2 aromatic heterocycles. The third-order valence-corrected chi connectivity index (χ3v) is 3.53. The molecule has 0 bridgehead atoms. The van der Waals surface area contributed by atoms with Gasteiger partial charge < -0.3 is 8.83 Å². The van der Waals surface area contributed by atoms with Crippen molar-refractivity contribution in [2.45, 2.75) is 30.7 Å². The number of aromatic nitrogens is 4. The Labute approximate surface area is 126 Å². The molecule has 108 valence electrons. The van der Waals surface area contributed by atoms with Crippen LogP contribution >= 0.6 is 11.8 Å². The van der Waals surface area contributed by atoms with Gasteiger partial charge >= 0.3 is 0 Å². The van der Waals surface area contributed by atoms with Crippen LogP contribution in [0.25, 0.3) is 11.5 Å². The standard InChI is InChI=1S/C14H14N4O2S/c1-9(2)12-16-18-14(20-12)21-8-11-15-17-13(19-11)10-6-4-3-5-7-10/h3-7,9H,8H2,1-2H3. The first-order valence-electron chi connectivity index (χ1n) is 6.56. The lowest BCUT2D eigenvalue weighted by Gasteiger charge is -1.94. The summed E-state index contributed by atoms with van der Waals surface area (Å²) in [7, 11) is 0. The van der Waals surface area contributed by atoms with Crippen LogP contribution in [0.15, 0.2) is 44.4 Å². The maximum atomic E-state index is 5.61. The molecule has 3 rings (SSSR count). The molecular formula is C14H14N4O2S. The second-order valence-electron chi connectivity index (χ2n) is 4.72. The normalized spacial score (nSPS) is 11.2. The Bertz CT molecular complexity index is 709. The second-order valence-corrected chi connectivity index (χ2v) is 5.64. The van der Waals surface area contributed by atoms with E-state index in [1.165, 1.54) is 11.8 Å². The highest BCUT2D eigenvalue weighted by Gasteiger charge is 2.13. The first-order valence-corrected chi connectivity index (χ1v) is 7.55. The topological polar surface area (TPSA) is 77.8 Å². The Balaban J connectivity index is 1.65. The van der Waals surface area contributed by atoms with Crippen LogP contribution in [0.1, 0.15) is 31.5 Å². The Morgan fingerprint density at radius 2 is 1.81 bits per heavy atom. The molecule has 0 aliphatic rings. The minimum Gasteiger partial charge on any atom is -0.420 e. The van der Waals surface area contributed by atoms with Crippen molar-refractivity contribution in [2.24, 2.45) is 0 Å². The third-order valence-electron chi connectivity index (χ3n) is 2.72. The fourth-order valence-corrected chi connectivity index (χ4v) is 2.25. The Morgan fingerprint density at radius 1 is 1.00 bits per heavy atom. The highest BCUT2D eigenvalue weighted by molar-refractivity contribution is 7.98. The Kier molecular flexibility index (Phi) is 4.01. The average molecular weight is 302 g/mol. The van der Waals surface area contributed by atoms with E-state index in [1.54, 1.807) is 0 Å². The van der Waals surface area contributed by atoms with Crippen LogP contribution in [-0.2, 0) is 5.75 Å². The van der Waals surface area contributed by atoms with Crippen LogP contribution < -0.4 is 0 Å². The van der Waals surface area contributed by atoms with Crippen LogP contribution in [0.5, 0.6) is 0 Å². The molecule has 0 radical (unpaired) electrons. The predicted octanol–water partition coefficient (Wildman–Crippen LogP) is 3.54. The highest BCUT2D eigenvalue weighted by atomic mass is 32.2. The van der Waals surface area contributed by atoms with Gasteiger partial charge in [0, 0.05) is 11.5 Å². The van der Waals surface area contributed by atoms with Gasteiger partial charge in [-0.05, 0) is 12.1 Å². The predicted molar refractivity (Wildman–Crippen MR) is 77.7 cm³/mol. The molecule has 0 atom stereocenters. The molecule has 0 saturated carbocycles. The molecule has 0 N–H and O–H groups in total. The molecule has 0 aliphatic heterocycles. The summed E-state index contributed by atoms with van der Waals surface area (Å²) in [5, 5.41) is 16.5. The maximum absolute atomic E-state index is 5.61. The van der Waals surface area contributed by atoms with Crippen LogP contribution in [0.2, 0.25) is 0 Å². The summed E-state index contributed by atoms with van der Waals surface area (Å²) in [4.78, 5) is 0. The van der Waals surface area contributed by atoms with Crippen molar-refractivity contribution in [1.82, 2.24) is 20.4 Å². The summed E-state index contributed by atoms with van der Waals surface area (Å²) >= 11 is 1.38.